The molecule has 0 aromatic carbocycles. The third-order valence-electron chi connectivity index (χ3n) is 2.56. The number of nitrogens with zero attached hydrogens (tertiary/aromatic N) is 3. The van der Waals surface area contributed by atoms with Gasteiger partial charge in [0, 0.05) is 25.0 Å². The van der Waals surface area contributed by atoms with Gasteiger partial charge in [0.2, 0.25) is 5.89 Å². The fourth-order valence-electron chi connectivity index (χ4n) is 1.51. The van der Waals surface area contributed by atoms with Gasteiger partial charge in [-0.15, -0.1) is 0 Å². The van der Waals surface area contributed by atoms with Crippen LogP contribution in [0.5, 0.6) is 0 Å². The molecule has 0 atom stereocenters. The van der Waals surface area contributed by atoms with Crippen molar-refractivity contribution < 1.29 is 14.1 Å². The van der Waals surface area contributed by atoms with Gasteiger partial charge in [-0.25, -0.2) is 0 Å². The number of carbonyl (C=O) groups is 2. The maximum atomic E-state index is 11.9. The lowest BCUT2D eigenvalue weighted by Crippen LogP contribution is -2.24. The predicted octanol–water partition coefficient (Wildman–Crippen LogP) is 0.0626. The summed E-state index contributed by atoms with van der Waals surface area (Å²) in [6, 6.07) is 1.62. The molecule has 0 bridgehead atoms. The Hall–Kier alpha value is -2.77. The van der Waals surface area contributed by atoms with Gasteiger partial charge >= 0.3 is 0 Å². The van der Waals surface area contributed by atoms with Crippen molar-refractivity contribution in [2.45, 2.75) is 13.5 Å². The highest BCUT2D eigenvalue weighted by Gasteiger charge is 2.14. The number of aryl methyl sites for hydroxylation is 1. The first-order valence-corrected chi connectivity index (χ1v) is 5.85. The standard InChI is InChI=1S/C12H13N5O3/c1-7-5-14-4-3-8(7)11(18)15-6-9-16-10(17-20-9)12(19)13-2/h3-5H,6H2,1-2H3,(H,13,19)(H,15,18). The minimum Gasteiger partial charge on any atom is -0.352 e. The Morgan fingerprint density at radius 3 is 2.85 bits per heavy atom. The van der Waals surface area contributed by atoms with E-state index in [1.165, 1.54) is 13.2 Å². The molecule has 2 amide bonds. The van der Waals surface area contributed by atoms with Crippen LogP contribution in [0.15, 0.2) is 23.0 Å². The molecule has 0 spiro atoms. The number of amides is 2. The molecule has 2 aromatic heterocycles. The maximum absolute atomic E-state index is 11.9. The SMILES string of the molecule is CNC(=O)c1noc(CNC(=O)c2ccncc2C)n1. The molecule has 0 aliphatic carbocycles. The van der Waals surface area contributed by atoms with Crippen LogP contribution < -0.4 is 10.6 Å². The van der Waals surface area contributed by atoms with Crippen LogP contribution in [-0.2, 0) is 6.54 Å². The van der Waals surface area contributed by atoms with E-state index in [1.807, 2.05) is 0 Å². The molecule has 8 nitrogen and oxygen atoms in total. The van der Waals surface area contributed by atoms with Crippen LogP contribution in [0.25, 0.3) is 0 Å². The molecule has 0 aliphatic rings. The molecule has 104 valence electrons. The van der Waals surface area contributed by atoms with Crippen molar-refractivity contribution >= 4 is 11.8 Å². The van der Waals surface area contributed by atoms with E-state index in [2.05, 4.69) is 25.8 Å². The summed E-state index contributed by atoms with van der Waals surface area (Å²) in [4.78, 5) is 30.9. The lowest BCUT2D eigenvalue weighted by Gasteiger charge is -2.04. The average Bonchev–Trinajstić information content (AvgIpc) is 2.93. The van der Waals surface area contributed by atoms with Crippen molar-refractivity contribution in [1.29, 1.82) is 0 Å². The molecule has 2 N–H and O–H groups in total. The van der Waals surface area contributed by atoms with Gasteiger partial charge < -0.3 is 15.2 Å². The van der Waals surface area contributed by atoms with Crippen LogP contribution in [0.1, 0.15) is 32.4 Å². The molecular formula is C12H13N5O3. The molecule has 0 fully saturated rings. The Kier molecular flexibility index (Phi) is 4.04. The van der Waals surface area contributed by atoms with Crippen LogP contribution in [0, 0.1) is 6.92 Å². The molecule has 2 rings (SSSR count). The fourth-order valence-corrected chi connectivity index (χ4v) is 1.51. The van der Waals surface area contributed by atoms with Gasteiger partial charge in [0.05, 0.1) is 6.54 Å². The number of rotatable bonds is 4. The lowest BCUT2D eigenvalue weighted by molar-refractivity contribution is 0.0938. The zero-order chi connectivity index (χ0) is 14.5. The Labute approximate surface area is 114 Å². The number of pyridine rings is 1. The van der Waals surface area contributed by atoms with Gasteiger partial charge in [-0.1, -0.05) is 5.16 Å². The van der Waals surface area contributed by atoms with E-state index in [4.69, 9.17) is 4.52 Å². The van der Waals surface area contributed by atoms with Crippen LogP contribution in [0.4, 0.5) is 0 Å². The molecule has 2 heterocycles. The number of nitrogens with one attached hydrogen (secondary N) is 2. The molecule has 0 saturated heterocycles. The first-order chi connectivity index (χ1) is 9.61. The van der Waals surface area contributed by atoms with E-state index in [9.17, 15) is 9.59 Å². The van der Waals surface area contributed by atoms with Gasteiger partial charge in [-0.2, -0.15) is 4.98 Å². The molecule has 0 unspecified atom stereocenters. The van der Waals surface area contributed by atoms with Crippen LogP contribution in [0.2, 0.25) is 0 Å². The second kappa shape index (κ2) is 5.91. The summed E-state index contributed by atoms with van der Waals surface area (Å²) in [7, 11) is 1.46. The van der Waals surface area contributed by atoms with Gasteiger partial charge in [0.1, 0.15) is 0 Å². The van der Waals surface area contributed by atoms with E-state index >= 15 is 0 Å². The van der Waals surface area contributed by atoms with Crippen molar-refractivity contribution in [3.05, 3.63) is 41.3 Å². The zero-order valence-corrected chi connectivity index (χ0v) is 11.0. The number of hydrogen-bond donors (Lipinski definition) is 2. The summed E-state index contributed by atoms with van der Waals surface area (Å²) in [6.07, 6.45) is 3.14. The number of aromatic nitrogens is 3. The Bertz CT molecular complexity index is 638. The summed E-state index contributed by atoms with van der Waals surface area (Å²) >= 11 is 0. The largest absolute Gasteiger partial charge is 0.352 e. The quantitative estimate of drug-likeness (QED) is 0.816. The molecule has 2 aromatic rings. The first kappa shape index (κ1) is 13.7. The summed E-state index contributed by atoms with van der Waals surface area (Å²) < 4.78 is 4.86. The molecule has 0 aliphatic heterocycles. The fraction of sp³-hybridized carbons (Fsp3) is 0.250. The van der Waals surface area contributed by atoms with Crippen molar-refractivity contribution in [2.75, 3.05) is 7.05 Å². The lowest BCUT2D eigenvalue weighted by atomic mass is 10.1. The van der Waals surface area contributed by atoms with Crippen molar-refractivity contribution in [2.24, 2.45) is 0 Å². The smallest absolute Gasteiger partial charge is 0.292 e. The van der Waals surface area contributed by atoms with Gasteiger partial charge in [0.15, 0.2) is 0 Å². The van der Waals surface area contributed by atoms with Crippen molar-refractivity contribution in [3.63, 3.8) is 0 Å². The van der Waals surface area contributed by atoms with E-state index in [-0.39, 0.29) is 24.2 Å². The molecule has 0 saturated carbocycles. The Balaban J connectivity index is 1.99. The Morgan fingerprint density at radius 2 is 2.15 bits per heavy atom. The highest BCUT2D eigenvalue weighted by Crippen LogP contribution is 2.05. The van der Waals surface area contributed by atoms with Crippen molar-refractivity contribution in [1.82, 2.24) is 25.8 Å². The first-order valence-electron chi connectivity index (χ1n) is 5.85. The summed E-state index contributed by atoms with van der Waals surface area (Å²) in [6.45, 7) is 1.84. The van der Waals surface area contributed by atoms with Crippen LogP contribution in [-0.4, -0.2) is 34.0 Å². The second-order valence-corrected chi connectivity index (χ2v) is 3.96. The van der Waals surface area contributed by atoms with E-state index in [0.717, 1.165) is 5.56 Å². The van der Waals surface area contributed by atoms with Crippen LogP contribution >= 0.6 is 0 Å². The van der Waals surface area contributed by atoms with Gasteiger partial charge in [-0.05, 0) is 18.6 Å². The van der Waals surface area contributed by atoms with E-state index < -0.39 is 5.91 Å². The summed E-state index contributed by atoms with van der Waals surface area (Å²) in [5.41, 5.74) is 1.28. The minimum absolute atomic E-state index is 0.0462. The second-order valence-electron chi connectivity index (χ2n) is 3.96. The maximum Gasteiger partial charge on any atom is 0.292 e. The average molecular weight is 275 g/mol. The van der Waals surface area contributed by atoms with E-state index in [0.29, 0.717) is 5.56 Å². The molecule has 8 heteroatoms. The van der Waals surface area contributed by atoms with Gasteiger partial charge in [-0.3, -0.25) is 14.6 Å². The topological polar surface area (TPSA) is 110 Å². The minimum atomic E-state index is -0.448. The normalized spacial score (nSPS) is 10.1. The van der Waals surface area contributed by atoms with Crippen LogP contribution in [0.3, 0.4) is 0 Å². The van der Waals surface area contributed by atoms with Gasteiger partial charge in [0.25, 0.3) is 17.6 Å². The highest BCUT2D eigenvalue weighted by molar-refractivity contribution is 5.95. The molecular weight excluding hydrogens is 262 g/mol. The summed E-state index contributed by atoms with van der Waals surface area (Å²) in [5.74, 6) is -0.638. The predicted molar refractivity (Wildman–Crippen MR) is 67.8 cm³/mol. The number of carbonyl (C=O) groups excluding carboxylic acids is 2. The summed E-state index contributed by atoms with van der Waals surface area (Å²) in [5, 5.41) is 8.50. The van der Waals surface area contributed by atoms with E-state index in [1.54, 1.807) is 19.2 Å². The zero-order valence-electron chi connectivity index (χ0n) is 11.0. The third-order valence-corrected chi connectivity index (χ3v) is 2.56. The monoisotopic (exact) mass is 275 g/mol. The Morgan fingerprint density at radius 1 is 1.35 bits per heavy atom. The third kappa shape index (κ3) is 2.97. The highest BCUT2D eigenvalue weighted by atomic mass is 16.5. The molecule has 0 radical (unpaired) electrons. The van der Waals surface area contributed by atoms with Crippen molar-refractivity contribution in [3.8, 4) is 0 Å². The number of hydrogen-bond acceptors (Lipinski definition) is 6. The molecule has 20 heavy (non-hydrogen) atoms.